The fraction of sp³-hybridized carbons (Fsp3) is 0.950. The zero-order valence-electron chi connectivity index (χ0n) is 15.2. The van der Waals surface area contributed by atoms with Crippen molar-refractivity contribution < 1.29 is 4.79 Å². The highest BCUT2D eigenvalue weighted by Gasteiger charge is 2.45. The Labute approximate surface area is 153 Å². The van der Waals surface area contributed by atoms with Crippen LogP contribution in [0.25, 0.3) is 0 Å². The molecular weight excluding hydrogens is 320 g/mol. The Bertz CT molecular complexity index is 431. The van der Waals surface area contributed by atoms with Crippen LogP contribution in [0.3, 0.4) is 0 Å². The van der Waals surface area contributed by atoms with Gasteiger partial charge in [-0.3, -0.25) is 4.79 Å². The number of hydrogen-bond donors (Lipinski definition) is 1. The van der Waals surface area contributed by atoms with E-state index in [0.717, 1.165) is 18.8 Å². The number of amides is 1. The van der Waals surface area contributed by atoms with E-state index in [1.165, 1.54) is 57.8 Å². The van der Waals surface area contributed by atoms with Crippen LogP contribution >= 0.6 is 12.4 Å². The van der Waals surface area contributed by atoms with Crippen molar-refractivity contribution in [1.29, 1.82) is 0 Å². The Morgan fingerprint density at radius 1 is 0.875 bits per heavy atom. The molecule has 24 heavy (non-hydrogen) atoms. The van der Waals surface area contributed by atoms with Gasteiger partial charge in [-0.15, -0.1) is 12.4 Å². The lowest BCUT2D eigenvalue weighted by Crippen LogP contribution is -2.52. The van der Waals surface area contributed by atoms with Crippen molar-refractivity contribution in [2.24, 2.45) is 29.4 Å². The lowest BCUT2D eigenvalue weighted by atomic mass is 9.64. The number of carbonyl (C=O) groups excluding carboxylic acids is 1. The van der Waals surface area contributed by atoms with E-state index in [0.29, 0.717) is 35.9 Å². The van der Waals surface area contributed by atoms with Gasteiger partial charge in [0.2, 0.25) is 5.91 Å². The summed E-state index contributed by atoms with van der Waals surface area (Å²) in [6.07, 6.45) is 13.6. The second-order valence-electron chi connectivity index (χ2n) is 9.09. The number of nitrogens with two attached hydrogens (primary N) is 1. The maximum absolute atomic E-state index is 13.4. The summed E-state index contributed by atoms with van der Waals surface area (Å²) >= 11 is 0. The van der Waals surface area contributed by atoms with Gasteiger partial charge in [0.25, 0.3) is 0 Å². The minimum Gasteiger partial charge on any atom is -0.336 e. The number of halogens is 1. The Balaban J connectivity index is 0.00000169. The second-order valence-corrected chi connectivity index (χ2v) is 9.09. The van der Waals surface area contributed by atoms with Gasteiger partial charge in [-0.2, -0.15) is 0 Å². The van der Waals surface area contributed by atoms with Gasteiger partial charge in [0.05, 0.1) is 0 Å². The van der Waals surface area contributed by atoms with Crippen LogP contribution in [0.15, 0.2) is 0 Å². The number of hydrogen-bond acceptors (Lipinski definition) is 2. The van der Waals surface area contributed by atoms with Gasteiger partial charge in [-0.25, -0.2) is 0 Å². The molecule has 2 N–H and O–H groups in total. The molecule has 0 radical (unpaired) electrons. The SMILES string of the molecule is CC1CCC(N(C(=O)C2CC3CCCC(C2)C3N)C2CC2)CC1.Cl. The molecule has 0 aromatic rings. The zero-order valence-corrected chi connectivity index (χ0v) is 16.0. The molecule has 2 unspecified atom stereocenters. The minimum atomic E-state index is 0. The van der Waals surface area contributed by atoms with Crippen LogP contribution in [-0.2, 0) is 4.79 Å². The fourth-order valence-corrected chi connectivity index (χ4v) is 5.73. The lowest BCUT2D eigenvalue weighted by Gasteiger charge is -2.46. The largest absolute Gasteiger partial charge is 0.336 e. The van der Waals surface area contributed by atoms with E-state index in [1.54, 1.807) is 0 Å². The Morgan fingerprint density at radius 2 is 1.38 bits per heavy atom. The standard InChI is InChI=1S/C20H34N2O.ClH/c1-13-5-7-17(8-6-13)22(18-9-10-18)20(23)16-11-14-3-2-4-15(12-16)19(14)21;/h13-19H,2-12,21H2,1H3;1H. The van der Waals surface area contributed by atoms with Crippen LogP contribution in [0.4, 0.5) is 0 Å². The van der Waals surface area contributed by atoms with Gasteiger partial charge < -0.3 is 10.6 Å². The van der Waals surface area contributed by atoms with Crippen molar-refractivity contribution in [1.82, 2.24) is 4.90 Å². The van der Waals surface area contributed by atoms with Crippen LogP contribution in [0.2, 0.25) is 0 Å². The minimum absolute atomic E-state index is 0. The molecule has 0 aromatic carbocycles. The second kappa shape index (κ2) is 7.53. The summed E-state index contributed by atoms with van der Waals surface area (Å²) in [5.74, 6) is 2.88. The van der Waals surface area contributed by atoms with Gasteiger partial charge in [0.1, 0.15) is 0 Å². The van der Waals surface area contributed by atoms with E-state index in [2.05, 4.69) is 11.8 Å². The van der Waals surface area contributed by atoms with Gasteiger partial charge in [0.15, 0.2) is 0 Å². The van der Waals surface area contributed by atoms with Gasteiger partial charge in [-0.1, -0.05) is 13.3 Å². The molecule has 2 atom stereocenters. The summed E-state index contributed by atoms with van der Waals surface area (Å²) in [7, 11) is 0. The summed E-state index contributed by atoms with van der Waals surface area (Å²) in [5, 5.41) is 0. The number of carbonyl (C=O) groups is 1. The van der Waals surface area contributed by atoms with Crippen LogP contribution < -0.4 is 5.73 Å². The molecule has 0 saturated heterocycles. The quantitative estimate of drug-likeness (QED) is 0.828. The maximum atomic E-state index is 13.4. The number of nitrogens with zero attached hydrogens (tertiary/aromatic N) is 1. The number of rotatable bonds is 3. The molecule has 1 amide bonds. The van der Waals surface area contributed by atoms with E-state index in [1.807, 2.05) is 0 Å². The van der Waals surface area contributed by atoms with Crippen LogP contribution in [0.1, 0.15) is 77.6 Å². The molecule has 0 heterocycles. The predicted octanol–water partition coefficient (Wildman–Crippen LogP) is 4.13. The smallest absolute Gasteiger partial charge is 0.226 e. The molecule has 4 fully saturated rings. The maximum Gasteiger partial charge on any atom is 0.226 e. The predicted molar refractivity (Wildman–Crippen MR) is 100 cm³/mol. The monoisotopic (exact) mass is 354 g/mol. The number of fused-ring (bicyclic) bond motifs is 2. The van der Waals surface area contributed by atoms with Gasteiger partial charge >= 0.3 is 0 Å². The van der Waals surface area contributed by atoms with Crippen LogP contribution in [0, 0.1) is 23.7 Å². The third-order valence-corrected chi connectivity index (χ3v) is 7.34. The summed E-state index contributed by atoms with van der Waals surface area (Å²) in [5.41, 5.74) is 6.43. The zero-order chi connectivity index (χ0) is 16.0. The average molecular weight is 355 g/mol. The topological polar surface area (TPSA) is 46.3 Å². The first kappa shape index (κ1) is 18.5. The summed E-state index contributed by atoms with van der Waals surface area (Å²) < 4.78 is 0. The first-order valence-electron chi connectivity index (χ1n) is 10.2. The molecule has 3 nitrogen and oxygen atoms in total. The molecule has 2 bridgehead atoms. The molecule has 0 aliphatic heterocycles. The van der Waals surface area contributed by atoms with Crippen molar-refractivity contribution in [2.75, 3.05) is 0 Å². The summed E-state index contributed by atoms with van der Waals surface area (Å²) in [4.78, 5) is 15.8. The Morgan fingerprint density at radius 3 is 1.88 bits per heavy atom. The summed E-state index contributed by atoms with van der Waals surface area (Å²) in [6, 6.07) is 1.50. The lowest BCUT2D eigenvalue weighted by molar-refractivity contribution is -0.142. The van der Waals surface area contributed by atoms with Crippen molar-refractivity contribution in [3.05, 3.63) is 0 Å². The molecule has 4 rings (SSSR count). The molecule has 4 aliphatic rings. The molecule has 4 saturated carbocycles. The van der Waals surface area contributed by atoms with E-state index >= 15 is 0 Å². The van der Waals surface area contributed by atoms with Crippen molar-refractivity contribution in [3.63, 3.8) is 0 Å². The van der Waals surface area contributed by atoms with E-state index in [-0.39, 0.29) is 18.3 Å². The molecular formula is C20H35ClN2O. The van der Waals surface area contributed by atoms with Crippen LogP contribution in [0.5, 0.6) is 0 Å². The fourth-order valence-electron chi connectivity index (χ4n) is 5.73. The highest BCUT2D eigenvalue weighted by molar-refractivity contribution is 5.85. The van der Waals surface area contributed by atoms with Crippen molar-refractivity contribution in [3.8, 4) is 0 Å². The van der Waals surface area contributed by atoms with Crippen molar-refractivity contribution in [2.45, 2.75) is 95.7 Å². The molecule has 0 aromatic heterocycles. The van der Waals surface area contributed by atoms with E-state index in [9.17, 15) is 4.79 Å². The summed E-state index contributed by atoms with van der Waals surface area (Å²) in [6.45, 7) is 2.36. The first-order chi connectivity index (χ1) is 11.1. The van der Waals surface area contributed by atoms with Crippen molar-refractivity contribution >= 4 is 18.3 Å². The highest BCUT2D eigenvalue weighted by atomic mass is 35.5. The van der Waals surface area contributed by atoms with Crippen LogP contribution in [-0.4, -0.2) is 28.9 Å². The van der Waals surface area contributed by atoms with Gasteiger partial charge in [-0.05, 0) is 82.0 Å². The Hall–Kier alpha value is -0.280. The highest BCUT2D eigenvalue weighted by Crippen LogP contribution is 2.44. The normalized spacial score (nSPS) is 42.1. The molecule has 0 spiro atoms. The third kappa shape index (κ3) is 3.62. The van der Waals surface area contributed by atoms with E-state index < -0.39 is 0 Å². The van der Waals surface area contributed by atoms with E-state index in [4.69, 9.17) is 5.73 Å². The van der Waals surface area contributed by atoms with Gasteiger partial charge in [0, 0.05) is 24.0 Å². The third-order valence-electron chi connectivity index (χ3n) is 7.34. The first-order valence-corrected chi connectivity index (χ1v) is 10.2. The molecule has 4 aliphatic carbocycles. The average Bonchev–Trinajstić information content (AvgIpc) is 3.34. The molecule has 138 valence electrons. The molecule has 4 heteroatoms. The Kier molecular flexibility index (Phi) is 5.81.